The first-order valence-electron chi connectivity index (χ1n) is 7.25. The number of carbonyl (C=O) groups excluding carboxylic acids is 1. The molecule has 24 heavy (non-hydrogen) atoms. The van der Waals surface area contributed by atoms with Gasteiger partial charge in [0.15, 0.2) is 0 Å². The standard InChI is InChI=1S/C18H18N2O3S/c1-4-10-19-24(22,23)16-7-5-6-15(12-16)18(21)20-17-11-13(2)8-9-14(17)3/h1,5-9,11-12,19H,10H2,2-3H3,(H,20,21). The summed E-state index contributed by atoms with van der Waals surface area (Å²) < 4.78 is 26.4. The zero-order valence-electron chi connectivity index (χ0n) is 13.5. The van der Waals surface area contributed by atoms with E-state index in [0.717, 1.165) is 11.1 Å². The average Bonchev–Trinajstić information content (AvgIpc) is 2.56. The molecule has 1 amide bonds. The maximum atomic E-state index is 12.4. The molecule has 0 aliphatic carbocycles. The molecule has 0 heterocycles. The number of nitrogens with one attached hydrogen (secondary N) is 2. The van der Waals surface area contributed by atoms with Crippen LogP contribution in [0.15, 0.2) is 47.4 Å². The van der Waals surface area contributed by atoms with Gasteiger partial charge in [-0.1, -0.05) is 24.1 Å². The summed E-state index contributed by atoms with van der Waals surface area (Å²) in [6.45, 7) is 3.71. The highest BCUT2D eigenvalue weighted by Crippen LogP contribution is 2.18. The molecule has 2 rings (SSSR count). The summed E-state index contributed by atoms with van der Waals surface area (Å²) in [5.74, 6) is 1.83. The molecule has 0 aliphatic heterocycles. The van der Waals surface area contributed by atoms with Gasteiger partial charge in [-0.25, -0.2) is 8.42 Å². The summed E-state index contributed by atoms with van der Waals surface area (Å²) in [5, 5.41) is 2.80. The van der Waals surface area contributed by atoms with Crippen molar-refractivity contribution in [3.05, 3.63) is 59.2 Å². The van der Waals surface area contributed by atoms with Crippen LogP contribution in [0.2, 0.25) is 0 Å². The number of amides is 1. The number of carbonyl (C=O) groups is 1. The Bertz CT molecular complexity index is 912. The molecule has 5 nitrogen and oxygen atoms in total. The largest absolute Gasteiger partial charge is 0.322 e. The van der Waals surface area contributed by atoms with Gasteiger partial charge in [-0.3, -0.25) is 4.79 Å². The van der Waals surface area contributed by atoms with E-state index in [1.54, 1.807) is 6.07 Å². The van der Waals surface area contributed by atoms with Crippen molar-refractivity contribution in [3.63, 3.8) is 0 Å². The third kappa shape index (κ3) is 4.22. The normalized spacial score (nSPS) is 10.9. The van der Waals surface area contributed by atoms with Gasteiger partial charge < -0.3 is 5.32 Å². The topological polar surface area (TPSA) is 75.3 Å². The number of benzene rings is 2. The van der Waals surface area contributed by atoms with Gasteiger partial charge in [-0.05, 0) is 49.2 Å². The molecule has 2 N–H and O–H groups in total. The minimum Gasteiger partial charge on any atom is -0.322 e. The molecule has 0 atom stereocenters. The van der Waals surface area contributed by atoms with E-state index >= 15 is 0 Å². The molecular weight excluding hydrogens is 324 g/mol. The minimum absolute atomic E-state index is 0.00800. The van der Waals surface area contributed by atoms with Crippen molar-refractivity contribution < 1.29 is 13.2 Å². The van der Waals surface area contributed by atoms with E-state index in [0.29, 0.717) is 5.69 Å². The Kier molecular flexibility index (Phi) is 5.39. The summed E-state index contributed by atoms with van der Waals surface area (Å²) >= 11 is 0. The zero-order chi connectivity index (χ0) is 17.7. The van der Waals surface area contributed by atoms with E-state index in [1.165, 1.54) is 18.2 Å². The fourth-order valence-electron chi connectivity index (χ4n) is 2.09. The van der Waals surface area contributed by atoms with Crippen molar-refractivity contribution in [2.24, 2.45) is 0 Å². The third-order valence-corrected chi connectivity index (χ3v) is 4.81. The quantitative estimate of drug-likeness (QED) is 0.820. The van der Waals surface area contributed by atoms with Gasteiger partial charge in [0.05, 0.1) is 11.4 Å². The van der Waals surface area contributed by atoms with Crippen LogP contribution in [0.25, 0.3) is 0 Å². The van der Waals surface area contributed by atoms with Crippen molar-refractivity contribution in [1.29, 1.82) is 0 Å². The molecular formula is C18H18N2O3S. The molecule has 0 bridgehead atoms. The maximum Gasteiger partial charge on any atom is 0.255 e. The molecule has 0 saturated carbocycles. The Labute approximate surface area is 142 Å². The Morgan fingerprint density at radius 1 is 1.17 bits per heavy atom. The minimum atomic E-state index is -3.74. The maximum absolute atomic E-state index is 12.4. The lowest BCUT2D eigenvalue weighted by Crippen LogP contribution is -2.24. The second kappa shape index (κ2) is 7.30. The lowest BCUT2D eigenvalue weighted by atomic mass is 10.1. The van der Waals surface area contributed by atoms with E-state index in [1.807, 2.05) is 32.0 Å². The zero-order valence-corrected chi connectivity index (χ0v) is 14.3. The molecule has 2 aromatic rings. The van der Waals surface area contributed by atoms with Crippen LogP contribution in [0.5, 0.6) is 0 Å². The van der Waals surface area contributed by atoms with Gasteiger partial charge in [0.25, 0.3) is 5.91 Å². The highest BCUT2D eigenvalue weighted by molar-refractivity contribution is 7.89. The monoisotopic (exact) mass is 342 g/mol. The van der Waals surface area contributed by atoms with E-state index in [4.69, 9.17) is 6.42 Å². The van der Waals surface area contributed by atoms with Gasteiger partial charge >= 0.3 is 0 Å². The number of terminal acetylenes is 1. The Morgan fingerprint density at radius 2 is 1.92 bits per heavy atom. The predicted octanol–water partition coefficient (Wildman–Crippen LogP) is 2.47. The summed E-state index contributed by atoms with van der Waals surface area (Å²) in [7, 11) is -3.74. The van der Waals surface area contributed by atoms with Crippen LogP contribution in [0.4, 0.5) is 5.69 Å². The molecule has 6 heteroatoms. The number of aryl methyl sites for hydroxylation is 2. The lowest BCUT2D eigenvalue weighted by molar-refractivity contribution is 0.102. The second-order valence-electron chi connectivity index (χ2n) is 5.33. The van der Waals surface area contributed by atoms with Crippen LogP contribution in [0.1, 0.15) is 21.5 Å². The molecule has 0 fully saturated rings. The Balaban J connectivity index is 2.27. The molecule has 0 spiro atoms. The molecule has 0 aliphatic rings. The summed E-state index contributed by atoms with van der Waals surface area (Å²) in [4.78, 5) is 12.4. The van der Waals surface area contributed by atoms with Crippen molar-refractivity contribution in [2.45, 2.75) is 18.7 Å². The summed E-state index contributed by atoms with van der Waals surface area (Å²) in [6, 6.07) is 11.5. The van der Waals surface area contributed by atoms with Crippen molar-refractivity contribution >= 4 is 21.6 Å². The fraction of sp³-hybridized carbons (Fsp3) is 0.167. The van der Waals surface area contributed by atoms with E-state index < -0.39 is 10.0 Å². The van der Waals surface area contributed by atoms with Crippen molar-refractivity contribution in [3.8, 4) is 12.3 Å². The lowest BCUT2D eigenvalue weighted by Gasteiger charge is -2.10. The van der Waals surface area contributed by atoms with Crippen LogP contribution in [-0.2, 0) is 10.0 Å². The molecule has 0 unspecified atom stereocenters. The fourth-order valence-corrected chi connectivity index (χ4v) is 3.07. The van der Waals surface area contributed by atoms with Crippen LogP contribution < -0.4 is 10.0 Å². The molecule has 0 aromatic heterocycles. The summed E-state index contributed by atoms with van der Waals surface area (Å²) in [6.07, 6.45) is 5.06. The van der Waals surface area contributed by atoms with Crippen LogP contribution in [-0.4, -0.2) is 20.9 Å². The van der Waals surface area contributed by atoms with E-state index in [2.05, 4.69) is 16.0 Å². The SMILES string of the molecule is C#CCNS(=O)(=O)c1cccc(C(=O)Nc2cc(C)ccc2C)c1. The molecule has 2 aromatic carbocycles. The summed E-state index contributed by atoms with van der Waals surface area (Å²) in [5.41, 5.74) is 2.89. The van der Waals surface area contributed by atoms with Crippen LogP contribution in [0, 0.1) is 26.2 Å². The first kappa shape index (κ1) is 17.7. The van der Waals surface area contributed by atoms with Gasteiger partial charge in [0.1, 0.15) is 0 Å². The van der Waals surface area contributed by atoms with Gasteiger partial charge in [0.2, 0.25) is 10.0 Å². The first-order valence-corrected chi connectivity index (χ1v) is 8.73. The van der Waals surface area contributed by atoms with Gasteiger partial charge in [0, 0.05) is 11.3 Å². The first-order chi connectivity index (χ1) is 11.3. The smallest absolute Gasteiger partial charge is 0.255 e. The predicted molar refractivity (Wildman–Crippen MR) is 94.3 cm³/mol. The number of hydrogen-bond donors (Lipinski definition) is 2. The number of sulfonamides is 1. The Morgan fingerprint density at radius 3 is 2.62 bits per heavy atom. The molecule has 0 radical (unpaired) electrons. The number of anilines is 1. The molecule has 124 valence electrons. The van der Waals surface area contributed by atoms with E-state index in [9.17, 15) is 13.2 Å². The number of rotatable bonds is 5. The van der Waals surface area contributed by atoms with Gasteiger partial charge in [-0.2, -0.15) is 4.72 Å². The Hall–Kier alpha value is -2.62. The van der Waals surface area contributed by atoms with E-state index in [-0.39, 0.29) is 22.9 Å². The highest BCUT2D eigenvalue weighted by atomic mass is 32.2. The average molecular weight is 342 g/mol. The third-order valence-electron chi connectivity index (χ3n) is 3.41. The van der Waals surface area contributed by atoms with Crippen LogP contribution >= 0.6 is 0 Å². The highest BCUT2D eigenvalue weighted by Gasteiger charge is 2.16. The van der Waals surface area contributed by atoms with Gasteiger partial charge in [-0.15, -0.1) is 6.42 Å². The molecule has 0 saturated heterocycles. The second-order valence-corrected chi connectivity index (χ2v) is 7.10. The van der Waals surface area contributed by atoms with Crippen LogP contribution in [0.3, 0.4) is 0 Å². The van der Waals surface area contributed by atoms with Crippen molar-refractivity contribution in [2.75, 3.05) is 11.9 Å². The van der Waals surface area contributed by atoms with Crippen molar-refractivity contribution in [1.82, 2.24) is 4.72 Å². The number of hydrogen-bond acceptors (Lipinski definition) is 3.